The quantitative estimate of drug-likeness (QED) is 0.603. The summed E-state index contributed by atoms with van der Waals surface area (Å²) in [6, 6.07) is 13.0. The number of carbonyl (C=O) groups is 2. The maximum Gasteiger partial charge on any atom is 0.350 e. The molecule has 0 saturated heterocycles. The standard InChI is InChI=1S/C28H32N2O2/c1-18-14-22-23(27(4,5)11-10-26(22,2)3)15-21(18)28(12-13-28)20-8-6-19(7-9-20)17-30-24(31)16-29-25(30)32/h6-9,14-16H,10-13,17H2,1-5H3. The number of carbonyl (C=O) groups excluding carboxylic acids is 2. The van der Waals surface area contributed by atoms with E-state index in [0.29, 0.717) is 0 Å². The van der Waals surface area contributed by atoms with Crippen LogP contribution in [0.2, 0.25) is 0 Å². The Bertz CT molecular complexity index is 1130. The van der Waals surface area contributed by atoms with Gasteiger partial charge in [0.1, 0.15) is 0 Å². The second-order valence-corrected chi connectivity index (χ2v) is 11.2. The summed E-state index contributed by atoms with van der Waals surface area (Å²) in [6.07, 6.45) is 5.86. The molecule has 0 spiro atoms. The highest BCUT2D eigenvalue weighted by atomic mass is 16.2. The summed E-state index contributed by atoms with van der Waals surface area (Å²) >= 11 is 0. The first kappa shape index (κ1) is 21.1. The highest BCUT2D eigenvalue weighted by Crippen LogP contribution is 2.56. The van der Waals surface area contributed by atoms with E-state index in [9.17, 15) is 9.59 Å². The maximum atomic E-state index is 11.8. The van der Waals surface area contributed by atoms with Crippen molar-refractivity contribution in [1.29, 1.82) is 0 Å². The Labute approximate surface area is 190 Å². The maximum absolute atomic E-state index is 11.8. The average Bonchev–Trinajstić information content (AvgIpc) is 3.49. The summed E-state index contributed by atoms with van der Waals surface area (Å²) in [4.78, 5) is 28.3. The number of hydrogen-bond donors (Lipinski definition) is 0. The molecule has 0 aromatic heterocycles. The molecular formula is C28H32N2O2. The Kier molecular flexibility index (Phi) is 4.53. The lowest BCUT2D eigenvalue weighted by molar-refractivity contribution is -0.120. The highest BCUT2D eigenvalue weighted by molar-refractivity contribution is 6.35. The molecule has 0 unspecified atom stereocenters. The molecule has 4 nitrogen and oxygen atoms in total. The molecule has 0 atom stereocenters. The van der Waals surface area contributed by atoms with E-state index in [0.717, 1.165) is 24.6 Å². The van der Waals surface area contributed by atoms with Gasteiger partial charge in [-0.25, -0.2) is 4.79 Å². The van der Waals surface area contributed by atoms with Crippen molar-refractivity contribution in [2.45, 2.75) is 83.1 Å². The smallest absolute Gasteiger partial charge is 0.267 e. The Balaban J connectivity index is 1.48. The second kappa shape index (κ2) is 6.87. The molecule has 1 heterocycles. The SMILES string of the molecule is Cc1cc2c(cc1C1(c3ccc(CN4C(=O)C=NC4=O)cc3)CC1)C(C)(C)CCC2(C)C. The van der Waals surface area contributed by atoms with Crippen LogP contribution in [-0.4, -0.2) is 23.1 Å². The Morgan fingerprint density at radius 3 is 1.97 bits per heavy atom. The Hall–Kier alpha value is -2.75. The van der Waals surface area contributed by atoms with Crippen LogP contribution in [0.15, 0.2) is 41.4 Å². The van der Waals surface area contributed by atoms with Gasteiger partial charge in [0.2, 0.25) is 0 Å². The van der Waals surface area contributed by atoms with Crippen LogP contribution in [-0.2, 0) is 27.6 Å². The molecule has 2 aliphatic carbocycles. The predicted molar refractivity (Wildman–Crippen MR) is 127 cm³/mol. The molecule has 5 rings (SSSR count). The van der Waals surface area contributed by atoms with Gasteiger partial charge in [-0.05, 0) is 76.8 Å². The van der Waals surface area contributed by atoms with Gasteiger partial charge in [-0.15, -0.1) is 0 Å². The normalized spacial score (nSPS) is 22.2. The van der Waals surface area contributed by atoms with Crippen LogP contribution in [0.5, 0.6) is 0 Å². The number of rotatable bonds is 4. The molecule has 1 fully saturated rings. The van der Waals surface area contributed by atoms with Crippen molar-refractivity contribution >= 4 is 18.2 Å². The fourth-order valence-corrected chi connectivity index (χ4v) is 5.68. The zero-order chi connectivity index (χ0) is 22.9. The van der Waals surface area contributed by atoms with E-state index in [1.807, 2.05) is 0 Å². The summed E-state index contributed by atoms with van der Waals surface area (Å²) < 4.78 is 0. The molecule has 166 valence electrons. The molecule has 2 aromatic rings. The van der Waals surface area contributed by atoms with E-state index in [1.165, 1.54) is 45.6 Å². The van der Waals surface area contributed by atoms with Gasteiger partial charge < -0.3 is 0 Å². The number of imide groups is 1. The third-order valence-electron chi connectivity index (χ3n) is 8.09. The summed E-state index contributed by atoms with van der Waals surface area (Å²) in [5, 5.41) is 0. The summed E-state index contributed by atoms with van der Waals surface area (Å²) in [6.45, 7) is 12.1. The third-order valence-corrected chi connectivity index (χ3v) is 8.09. The summed E-state index contributed by atoms with van der Waals surface area (Å²) in [7, 11) is 0. The van der Waals surface area contributed by atoms with Gasteiger partial charge in [0.25, 0.3) is 5.91 Å². The molecule has 3 amide bonds. The lowest BCUT2D eigenvalue weighted by atomic mass is 9.62. The van der Waals surface area contributed by atoms with Crippen LogP contribution in [0.25, 0.3) is 0 Å². The van der Waals surface area contributed by atoms with Crippen LogP contribution < -0.4 is 0 Å². The molecule has 0 radical (unpaired) electrons. The zero-order valence-electron chi connectivity index (χ0n) is 19.8. The summed E-state index contributed by atoms with van der Waals surface area (Å²) in [5.74, 6) is -0.340. The molecule has 2 aromatic carbocycles. The Morgan fingerprint density at radius 1 is 0.844 bits per heavy atom. The molecule has 0 N–H and O–H groups in total. The molecule has 1 saturated carbocycles. The first-order chi connectivity index (χ1) is 15.0. The number of amides is 3. The monoisotopic (exact) mass is 428 g/mol. The van der Waals surface area contributed by atoms with Gasteiger partial charge in [-0.3, -0.25) is 9.69 Å². The lowest BCUT2D eigenvalue weighted by Crippen LogP contribution is -2.34. The first-order valence-corrected chi connectivity index (χ1v) is 11.7. The van der Waals surface area contributed by atoms with Crippen LogP contribution in [0.3, 0.4) is 0 Å². The van der Waals surface area contributed by atoms with Crippen molar-refractivity contribution in [3.8, 4) is 0 Å². The van der Waals surface area contributed by atoms with Crippen LogP contribution in [0.4, 0.5) is 4.79 Å². The lowest BCUT2D eigenvalue weighted by Gasteiger charge is -2.43. The number of fused-ring (bicyclic) bond motifs is 1. The van der Waals surface area contributed by atoms with E-state index in [4.69, 9.17) is 0 Å². The van der Waals surface area contributed by atoms with Gasteiger partial charge >= 0.3 is 6.03 Å². The first-order valence-electron chi connectivity index (χ1n) is 11.7. The van der Waals surface area contributed by atoms with E-state index < -0.39 is 6.03 Å². The van der Waals surface area contributed by atoms with Crippen molar-refractivity contribution in [2.24, 2.45) is 4.99 Å². The van der Waals surface area contributed by atoms with E-state index in [-0.39, 0.29) is 28.7 Å². The molecular weight excluding hydrogens is 396 g/mol. The number of urea groups is 1. The number of aryl methyl sites for hydroxylation is 1. The number of nitrogens with zero attached hydrogens (tertiary/aromatic N) is 2. The van der Waals surface area contributed by atoms with Crippen molar-refractivity contribution in [3.05, 3.63) is 69.8 Å². The Morgan fingerprint density at radius 2 is 1.44 bits per heavy atom. The predicted octanol–water partition coefficient (Wildman–Crippen LogP) is 5.96. The van der Waals surface area contributed by atoms with Gasteiger partial charge in [-0.1, -0.05) is 64.1 Å². The number of aliphatic imine (C=N–C) groups is 1. The average molecular weight is 429 g/mol. The van der Waals surface area contributed by atoms with Crippen LogP contribution in [0, 0.1) is 6.92 Å². The second-order valence-electron chi connectivity index (χ2n) is 11.2. The molecule has 32 heavy (non-hydrogen) atoms. The fourth-order valence-electron chi connectivity index (χ4n) is 5.68. The van der Waals surface area contributed by atoms with Gasteiger partial charge in [0, 0.05) is 5.41 Å². The van der Waals surface area contributed by atoms with Gasteiger partial charge in [0.05, 0.1) is 12.8 Å². The molecule has 4 heteroatoms. The number of hydrogen-bond acceptors (Lipinski definition) is 2. The summed E-state index contributed by atoms with van der Waals surface area (Å²) in [5.41, 5.74) is 8.66. The highest BCUT2D eigenvalue weighted by Gasteiger charge is 2.48. The number of benzene rings is 2. The van der Waals surface area contributed by atoms with Gasteiger partial charge in [0.15, 0.2) is 0 Å². The van der Waals surface area contributed by atoms with Crippen LogP contribution >= 0.6 is 0 Å². The third kappa shape index (κ3) is 3.23. The topological polar surface area (TPSA) is 49.7 Å². The fraction of sp³-hybridized carbons (Fsp3) is 0.464. The zero-order valence-corrected chi connectivity index (χ0v) is 19.8. The van der Waals surface area contributed by atoms with E-state index >= 15 is 0 Å². The van der Waals surface area contributed by atoms with Crippen molar-refractivity contribution < 1.29 is 9.59 Å². The van der Waals surface area contributed by atoms with Gasteiger partial charge in [-0.2, -0.15) is 4.99 Å². The largest absolute Gasteiger partial charge is 0.350 e. The minimum Gasteiger partial charge on any atom is -0.267 e. The molecule has 1 aliphatic heterocycles. The minimum absolute atomic E-state index is 0.0811. The van der Waals surface area contributed by atoms with E-state index in [1.54, 1.807) is 0 Å². The molecule has 3 aliphatic rings. The van der Waals surface area contributed by atoms with Crippen molar-refractivity contribution in [3.63, 3.8) is 0 Å². The van der Waals surface area contributed by atoms with Crippen LogP contribution in [0.1, 0.15) is 86.8 Å². The van der Waals surface area contributed by atoms with Crippen molar-refractivity contribution in [2.75, 3.05) is 0 Å². The van der Waals surface area contributed by atoms with Crippen molar-refractivity contribution in [1.82, 2.24) is 4.90 Å². The van der Waals surface area contributed by atoms with E-state index in [2.05, 4.69) is 76.0 Å². The molecule has 0 bridgehead atoms. The minimum atomic E-state index is -0.479.